The van der Waals surface area contributed by atoms with Crippen LogP contribution in [0.2, 0.25) is 0 Å². The van der Waals surface area contributed by atoms with Gasteiger partial charge in [-0.1, -0.05) is 0 Å². The van der Waals surface area contributed by atoms with Crippen molar-refractivity contribution in [3.63, 3.8) is 0 Å². The van der Waals surface area contributed by atoms with Crippen molar-refractivity contribution in [3.05, 3.63) is 29.6 Å². The molecule has 0 saturated carbocycles. The van der Waals surface area contributed by atoms with Crippen LogP contribution in [0.3, 0.4) is 0 Å². The van der Waals surface area contributed by atoms with E-state index in [4.69, 9.17) is 0 Å². The van der Waals surface area contributed by atoms with Gasteiger partial charge in [-0.05, 0) is 63.5 Å². The number of hydrogen-bond acceptors (Lipinski definition) is 2. The number of likely N-dealkylation sites (tertiary alicyclic amines) is 1. The molecule has 0 radical (unpaired) electrons. The van der Waals surface area contributed by atoms with Crippen molar-refractivity contribution in [1.29, 1.82) is 0 Å². The molecule has 2 heterocycles. The first-order valence-corrected chi connectivity index (χ1v) is 6.89. The molecule has 19 heavy (non-hydrogen) atoms. The summed E-state index contributed by atoms with van der Waals surface area (Å²) >= 11 is 0. The van der Waals surface area contributed by atoms with E-state index in [-0.39, 0.29) is 23.6 Å². The van der Waals surface area contributed by atoms with Gasteiger partial charge in [0.05, 0.1) is 0 Å². The molecule has 1 aromatic rings. The van der Waals surface area contributed by atoms with E-state index in [1.165, 1.54) is 5.56 Å². The second-order valence-electron chi connectivity index (χ2n) is 5.95. The second kappa shape index (κ2) is 5.29. The predicted molar refractivity (Wildman–Crippen MR) is 79.8 cm³/mol. The number of piperidine rings is 1. The number of benzene rings is 1. The number of halogens is 2. The molecule has 0 atom stereocenters. The maximum atomic E-state index is 13.5. The molecular formula is C15H22ClFN2. The average Bonchev–Trinajstić information content (AvgIpc) is 2.69. The summed E-state index contributed by atoms with van der Waals surface area (Å²) in [5, 5.41) is 3.45. The van der Waals surface area contributed by atoms with Crippen LogP contribution in [-0.4, -0.2) is 30.6 Å². The quantitative estimate of drug-likeness (QED) is 0.850. The summed E-state index contributed by atoms with van der Waals surface area (Å²) < 4.78 is 13.5. The van der Waals surface area contributed by atoms with E-state index in [2.05, 4.69) is 24.1 Å². The average molecular weight is 285 g/mol. The number of nitrogens with one attached hydrogen (secondary N) is 1. The predicted octanol–water partition coefficient (Wildman–Crippen LogP) is 3.42. The van der Waals surface area contributed by atoms with Gasteiger partial charge in [-0.25, -0.2) is 4.39 Å². The van der Waals surface area contributed by atoms with Gasteiger partial charge in [0.25, 0.3) is 0 Å². The summed E-state index contributed by atoms with van der Waals surface area (Å²) in [6.07, 6.45) is 2.27. The van der Waals surface area contributed by atoms with Crippen LogP contribution in [0.15, 0.2) is 18.2 Å². The van der Waals surface area contributed by atoms with Crippen LogP contribution in [0.5, 0.6) is 0 Å². The van der Waals surface area contributed by atoms with E-state index >= 15 is 0 Å². The first-order chi connectivity index (χ1) is 8.61. The lowest BCUT2D eigenvalue weighted by Gasteiger charge is -2.41. The minimum absolute atomic E-state index is 0. The van der Waals surface area contributed by atoms with Crippen LogP contribution in [0.4, 0.5) is 10.1 Å². The third-order valence-corrected chi connectivity index (χ3v) is 4.66. The third kappa shape index (κ3) is 2.46. The topological polar surface area (TPSA) is 15.3 Å². The van der Waals surface area contributed by atoms with Gasteiger partial charge in [-0.3, -0.25) is 0 Å². The first-order valence-electron chi connectivity index (χ1n) is 6.89. The van der Waals surface area contributed by atoms with E-state index in [0.29, 0.717) is 6.04 Å². The lowest BCUT2D eigenvalue weighted by molar-refractivity contribution is 0.137. The van der Waals surface area contributed by atoms with Gasteiger partial charge < -0.3 is 10.2 Å². The molecular weight excluding hydrogens is 263 g/mol. The highest BCUT2D eigenvalue weighted by atomic mass is 35.5. The highest BCUT2D eigenvalue weighted by Gasteiger charge is 2.41. The molecule has 4 heteroatoms. The normalized spacial score (nSPS) is 21.1. The summed E-state index contributed by atoms with van der Waals surface area (Å²) in [6, 6.07) is 5.78. The Morgan fingerprint density at radius 1 is 1.26 bits per heavy atom. The molecule has 2 aliphatic rings. The second-order valence-corrected chi connectivity index (χ2v) is 5.95. The third-order valence-electron chi connectivity index (χ3n) is 4.66. The van der Waals surface area contributed by atoms with E-state index in [9.17, 15) is 4.39 Å². The van der Waals surface area contributed by atoms with E-state index in [1.807, 2.05) is 6.07 Å². The van der Waals surface area contributed by atoms with Crippen LogP contribution in [-0.2, 0) is 5.41 Å². The Morgan fingerprint density at radius 3 is 2.58 bits per heavy atom. The largest absolute Gasteiger partial charge is 0.384 e. The minimum Gasteiger partial charge on any atom is -0.384 e. The fourth-order valence-electron chi connectivity index (χ4n) is 3.38. The Balaban J connectivity index is 0.00000133. The molecule has 2 aliphatic heterocycles. The Kier molecular flexibility index (Phi) is 4.07. The molecule has 0 unspecified atom stereocenters. The molecule has 0 aliphatic carbocycles. The van der Waals surface area contributed by atoms with Crippen LogP contribution in [0.1, 0.15) is 32.3 Å². The standard InChI is InChI=1S/C15H21FN2.ClH/c1-11(2)18-7-5-15(6-8-18)10-17-14-4-3-12(16)9-13(14)15;/h3-4,9,11,17H,5-8,10H2,1-2H3;1H. The van der Waals surface area contributed by atoms with Crippen molar-refractivity contribution in [3.8, 4) is 0 Å². The van der Waals surface area contributed by atoms with Crippen molar-refractivity contribution < 1.29 is 4.39 Å². The molecule has 1 fully saturated rings. The van der Waals surface area contributed by atoms with Crippen molar-refractivity contribution in [2.75, 3.05) is 25.0 Å². The van der Waals surface area contributed by atoms with Gasteiger partial charge in [-0.15, -0.1) is 12.4 Å². The highest BCUT2D eigenvalue weighted by Crippen LogP contribution is 2.44. The Hall–Kier alpha value is -0.800. The number of rotatable bonds is 1. The Morgan fingerprint density at radius 2 is 1.95 bits per heavy atom. The molecule has 0 bridgehead atoms. The van der Waals surface area contributed by atoms with Crippen molar-refractivity contribution >= 4 is 18.1 Å². The molecule has 1 spiro atoms. The van der Waals surface area contributed by atoms with Crippen molar-refractivity contribution in [2.24, 2.45) is 0 Å². The maximum Gasteiger partial charge on any atom is 0.123 e. The minimum atomic E-state index is -0.108. The molecule has 0 aromatic heterocycles. The molecule has 2 nitrogen and oxygen atoms in total. The van der Waals surface area contributed by atoms with E-state index in [1.54, 1.807) is 12.1 Å². The van der Waals surface area contributed by atoms with Gasteiger partial charge in [-0.2, -0.15) is 0 Å². The molecule has 1 aromatic carbocycles. The first kappa shape index (κ1) is 14.6. The van der Waals surface area contributed by atoms with Gasteiger partial charge in [0.2, 0.25) is 0 Å². The van der Waals surface area contributed by atoms with Gasteiger partial charge in [0, 0.05) is 23.7 Å². The highest BCUT2D eigenvalue weighted by molar-refractivity contribution is 5.85. The zero-order valence-corrected chi connectivity index (χ0v) is 12.4. The lowest BCUT2D eigenvalue weighted by atomic mass is 9.74. The molecule has 106 valence electrons. The van der Waals surface area contributed by atoms with E-state index in [0.717, 1.165) is 38.2 Å². The van der Waals surface area contributed by atoms with Crippen LogP contribution < -0.4 is 5.32 Å². The Labute approximate surface area is 120 Å². The molecule has 3 rings (SSSR count). The summed E-state index contributed by atoms with van der Waals surface area (Å²) in [7, 11) is 0. The van der Waals surface area contributed by atoms with Crippen LogP contribution in [0, 0.1) is 5.82 Å². The van der Waals surface area contributed by atoms with Crippen LogP contribution in [0.25, 0.3) is 0 Å². The maximum absolute atomic E-state index is 13.5. The number of nitrogens with zero attached hydrogens (tertiary/aromatic N) is 1. The monoisotopic (exact) mass is 284 g/mol. The smallest absolute Gasteiger partial charge is 0.123 e. The summed E-state index contributed by atoms with van der Waals surface area (Å²) in [6.45, 7) is 7.71. The molecule has 1 N–H and O–H groups in total. The van der Waals surface area contributed by atoms with E-state index < -0.39 is 0 Å². The molecule has 0 amide bonds. The number of hydrogen-bond donors (Lipinski definition) is 1. The SMILES string of the molecule is CC(C)N1CCC2(CC1)CNc1ccc(F)cc12.Cl. The zero-order chi connectivity index (χ0) is 12.8. The summed E-state index contributed by atoms with van der Waals surface area (Å²) in [5.41, 5.74) is 2.50. The van der Waals surface area contributed by atoms with Gasteiger partial charge in [0.15, 0.2) is 0 Å². The van der Waals surface area contributed by atoms with Crippen molar-refractivity contribution in [1.82, 2.24) is 4.90 Å². The summed E-state index contributed by atoms with van der Waals surface area (Å²) in [5.74, 6) is -0.108. The Bertz CT molecular complexity index is 453. The van der Waals surface area contributed by atoms with Crippen LogP contribution >= 0.6 is 12.4 Å². The summed E-state index contributed by atoms with van der Waals surface area (Å²) in [4.78, 5) is 2.52. The fraction of sp³-hybridized carbons (Fsp3) is 0.600. The fourth-order valence-corrected chi connectivity index (χ4v) is 3.38. The molecule has 1 saturated heterocycles. The van der Waals surface area contributed by atoms with Crippen molar-refractivity contribution in [2.45, 2.75) is 38.1 Å². The lowest BCUT2D eigenvalue weighted by Crippen LogP contribution is -2.46. The van der Waals surface area contributed by atoms with Gasteiger partial charge >= 0.3 is 0 Å². The zero-order valence-electron chi connectivity index (χ0n) is 11.6. The number of fused-ring (bicyclic) bond motifs is 2. The number of anilines is 1. The van der Waals surface area contributed by atoms with Gasteiger partial charge in [0.1, 0.15) is 5.82 Å².